The van der Waals surface area contributed by atoms with Crippen LogP contribution in [-0.4, -0.2) is 45.1 Å². The number of rotatable bonds is 15. The van der Waals surface area contributed by atoms with E-state index in [0.717, 1.165) is 45.3 Å². The van der Waals surface area contributed by atoms with Crippen LogP contribution in [-0.2, 0) is 22.6 Å². The average Bonchev–Trinajstić information content (AvgIpc) is 3.63. The molecule has 2 heterocycles. The van der Waals surface area contributed by atoms with Crippen LogP contribution in [0.25, 0.3) is 0 Å². The Hall–Kier alpha value is -0.980. The highest BCUT2D eigenvalue weighted by Gasteiger charge is 2.25. The number of hydrogen-bond donors (Lipinski definition) is 3. The number of nitrogens with one attached hydrogen (secondary N) is 2. The van der Waals surface area contributed by atoms with Crippen LogP contribution in [0.15, 0.2) is 24.3 Å². The van der Waals surface area contributed by atoms with Crippen LogP contribution in [0.2, 0.25) is 0 Å². The van der Waals surface area contributed by atoms with E-state index in [1.807, 2.05) is 0 Å². The van der Waals surface area contributed by atoms with Crippen LogP contribution in [0.1, 0.15) is 63.5 Å². The van der Waals surface area contributed by atoms with Gasteiger partial charge in [0.1, 0.15) is 0 Å². The molecular formula is C24H43N3O2. The molecule has 0 radical (unpaired) electrons. The van der Waals surface area contributed by atoms with Crippen molar-refractivity contribution in [2.75, 3.05) is 32.8 Å². The SMILES string of the molecule is C(NCC1CO1)C1CO1.CC(C)CCCCCCCNCc1cccc(CN)c1. The van der Waals surface area contributed by atoms with Gasteiger partial charge >= 0.3 is 0 Å². The Bertz CT molecular complexity index is 519. The van der Waals surface area contributed by atoms with E-state index < -0.39 is 0 Å². The Morgan fingerprint density at radius 2 is 1.55 bits per heavy atom. The van der Waals surface area contributed by atoms with Gasteiger partial charge in [-0.15, -0.1) is 0 Å². The highest BCUT2D eigenvalue weighted by molar-refractivity contribution is 5.23. The van der Waals surface area contributed by atoms with Crippen molar-refractivity contribution in [3.8, 4) is 0 Å². The Balaban J connectivity index is 0.000000272. The minimum Gasteiger partial charge on any atom is -0.372 e. The zero-order chi connectivity index (χ0) is 20.7. The summed E-state index contributed by atoms with van der Waals surface area (Å²) >= 11 is 0. The highest BCUT2D eigenvalue weighted by Crippen LogP contribution is 2.11. The molecule has 0 saturated carbocycles. The molecule has 4 N–H and O–H groups in total. The van der Waals surface area contributed by atoms with Gasteiger partial charge in [-0.2, -0.15) is 0 Å². The second-order valence-corrected chi connectivity index (χ2v) is 8.72. The van der Waals surface area contributed by atoms with Crippen LogP contribution in [0.3, 0.4) is 0 Å². The summed E-state index contributed by atoms with van der Waals surface area (Å²) in [4.78, 5) is 0. The van der Waals surface area contributed by atoms with Crippen molar-refractivity contribution >= 4 is 0 Å². The van der Waals surface area contributed by atoms with Gasteiger partial charge in [0.2, 0.25) is 0 Å². The van der Waals surface area contributed by atoms with Crippen LogP contribution in [0.5, 0.6) is 0 Å². The summed E-state index contributed by atoms with van der Waals surface area (Å²) in [6.45, 7) is 11.2. The molecule has 5 nitrogen and oxygen atoms in total. The third kappa shape index (κ3) is 13.8. The summed E-state index contributed by atoms with van der Waals surface area (Å²) in [5, 5.41) is 6.78. The van der Waals surface area contributed by atoms with Crippen LogP contribution >= 0.6 is 0 Å². The molecule has 2 atom stereocenters. The second kappa shape index (κ2) is 14.9. The minimum atomic E-state index is 0.503. The fraction of sp³-hybridized carbons (Fsp3) is 0.750. The lowest BCUT2D eigenvalue weighted by Crippen LogP contribution is -2.24. The second-order valence-electron chi connectivity index (χ2n) is 8.72. The molecule has 3 rings (SSSR count). The van der Waals surface area contributed by atoms with Crippen molar-refractivity contribution in [2.45, 2.75) is 77.7 Å². The first-order chi connectivity index (χ1) is 14.2. The molecule has 0 amide bonds. The number of epoxide rings is 2. The number of unbranched alkanes of at least 4 members (excludes halogenated alkanes) is 4. The molecule has 2 fully saturated rings. The summed E-state index contributed by atoms with van der Waals surface area (Å²) in [5.74, 6) is 0.862. The van der Waals surface area contributed by atoms with E-state index in [-0.39, 0.29) is 0 Å². The Kier molecular flexibility index (Phi) is 12.5. The molecule has 2 aliphatic rings. The summed E-state index contributed by atoms with van der Waals surface area (Å²) in [7, 11) is 0. The average molecular weight is 406 g/mol. The zero-order valence-corrected chi connectivity index (χ0v) is 18.6. The summed E-state index contributed by atoms with van der Waals surface area (Å²) in [5.41, 5.74) is 8.21. The molecule has 29 heavy (non-hydrogen) atoms. The zero-order valence-electron chi connectivity index (χ0n) is 18.6. The fourth-order valence-corrected chi connectivity index (χ4v) is 3.21. The lowest BCUT2D eigenvalue weighted by molar-refractivity contribution is 0.373. The van der Waals surface area contributed by atoms with E-state index >= 15 is 0 Å². The summed E-state index contributed by atoms with van der Waals surface area (Å²) < 4.78 is 10.0. The first-order valence-corrected chi connectivity index (χ1v) is 11.6. The van der Waals surface area contributed by atoms with E-state index in [0.29, 0.717) is 18.8 Å². The van der Waals surface area contributed by atoms with Crippen molar-refractivity contribution in [1.29, 1.82) is 0 Å². The third-order valence-corrected chi connectivity index (χ3v) is 5.24. The van der Waals surface area contributed by atoms with Crippen molar-refractivity contribution in [3.63, 3.8) is 0 Å². The maximum atomic E-state index is 5.65. The summed E-state index contributed by atoms with van der Waals surface area (Å²) in [6.07, 6.45) is 9.22. The molecule has 1 aromatic rings. The van der Waals surface area contributed by atoms with Gasteiger partial charge in [-0.1, -0.05) is 70.2 Å². The van der Waals surface area contributed by atoms with Gasteiger partial charge in [-0.25, -0.2) is 0 Å². The standard InChI is InChI=1S/C18H32N2.C6H11NO2/c1-16(2)9-6-4-3-5-7-12-20-15-18-11-8-10-17(13-18)14-19;1(5-3-8-5)7-2-6-4-9-6/h8,10-11,13,16,20H,3-7,9,12,14-15,19H2,1-2H3;5-7H,1-4H2. The molecule has 0 spiro atoms. The van der Waals surface area contributed by atoms with Crippen LogP contribution < -0.4 is 16.4 Å². The minimum absolute atomic E-state index is 0.503. The molecule has 0 aliphatic carbocycles. The smallest absolute Gasteiger partial charge is 0.0933 e. The number of hydrogen-bond acceptors (Lipinski definition) is 5. The molecule has 1 aromatic carbocycles. The Labute approximate surface area is 178 Å². The van der Waals surface area contributed by atoms with Gasteiger partial charge in [0.25, 0.3) is 0 Å². The predicted octanol–water partition coefficient (Wildman–Crippen LogP) is 3.61. The van der Waals surface area contributed by atoms with Crippen molar-refractivity contribution < 1.29 is 9.47 Å². The van der Waals surface area contributed by atoms with Crippen LogP contribution in [0, 0.1) is 5.92 Å². The first kappa shape index (κ1) is 24.3. The molecule has 0 bridgehead atoms. The molecule has 0 aromatic heterocycles. The van der Waals surface area contributed by atoms with E-state index in [9.17, 15) is 0 Å². The third-order valence-electron chi connectivity index (χ3n) is 5.24. The van der Waals surface area contributed by atoms with Crippen molar-refractivity contribution in [3.05, 3.63) is 35.4 Å². The highest BCUT2D eigenvalue weighted by atomic mass is 16.6. The maximum absolute atomic E-state index is 5.65. The number of benzene rings is 1. The van der Waals surface area contributed by atoms with Crippen molar-refractivity contribution in [2.24, 2.45) is 11.7 Å². The maximum Gasteiger partial charge on any atom is 0.0933 e. The van der Waals surface area contributed by atoms with Gasteiger partial charge in [-0.3, -0.25) is 0 Å². The van der Waals surface area contributed by atoms with E-state index in [4.69, 9.17) is 15.2 Å². The molecule has 2 saturated heterocycles. The quantitative estimate of drug-likeness (QED) is 0.307. The molecule has 166 valence electrons. The number of ether oxygens (including phenoxy) is 2. The predicted molar refractivity (Wildman–Crippen MR) is 121 cm³/mol. The van der Waals surface area contributed by atoms with Crippen molar-refractivity contribution in [1.82, 2.24) is 10.6 Å². The van der Waals surface area contributed by atoms with Gasteiger partial charge < -0.3 is 25.8 Å². The van der Waals surface area contributed by atoms with E-state index in [1.165, 1.54) is 49.7 Å². The van der Waals surface area contributed by atoms with E-state index in [1.54, 1.807) is 0 Å². The molecule has 2 unspecified atom stereocenters. The molecule has 2 aliphatic heterocycles. The van der Waals surface area contributed by atoms with E-state index in [2.05, 4.69) is 48.7 Å². The van der Waals surface area contributed by atoms with Crippen LogP contribution in [0.4, 0.5) is 0 Å². The van der Waals surface area contributed by atoms with Gasteiger partial charge in [0.15, 0.2) is 0 Å². The van der Waals surface area contributed by atoms with Gasteiger partial charge in [-0.05, 0) is 30.0 Å². The first-order valence-electron chi connectivity index (χ1n) is 11.6. The molecule has 5 heteroatoms. The normalized spacial score (nSPS) is 19.7. The fourth-order valence-electron chi connectivity index (χ4n) is 3.21. The summed E-state index contributed by atoms with van der Waals surface area (Å²) in [6, 6.07) is 8.53. The van der Waals surface area contributed by atoms with Gasteiger partial charge in [0.05, 0.1) is 25.4 Å². The van der Waals surface area contributed by atoms with Gasteiger partial charge in [0, 0.05) is 26.2 Å². The Morgan fingerprint density at radius 3 is 2.17 bits per heavy atom. The topological polar surface area (TPSA) is 75.1 Å². The largest absolute Gasteiger partial charge is 0.372 e. The number of nitrogens with two attached hydrogens (primary N) is 1. The Morgan fingerprint density at radius 1 is 0.931 bits per heavy atom. The monoisotopic (exact) mass is 405 g/mol. The molecular weight excluding hydrogens is 362 g/mol. The lowest BCUT2D eigenvalue weighted by Gasteiger charge is -2.07. The lowest BCUT2D eigenvalue weighted by atomic mass is 10.0.